The van der Waals surface area contributed by atoms with Gasteiger partial charge in [0.15, 0.2) is 0 Å². The van der Waals surface area contributed by atoms with Gasteiger partial charge in [-0.25, -0.2) is 0 Å². The van der Waals surface area contributed by atoms with Gasteiger partial charge in [-0.1, -0.05) is 30.3 Å². The van der Waals surface area contributed by atoms with Gasteiger partial charge in [0.2, 0.25) is 5.91 Å². The topological polar surface area (TPSA) is 45.5 Å². The van der Waals surface area contributed by atoms with Crippen molar-refractivity contribution in [3.8, 4) is 0 Å². The number of carbonyl (C=O) groups is 1. The van der Waals surface area contributed by atoms with Crippen LogP contribution in [0.15, 0.2) is 59.0 Å². The van der Waals surface area contributed by atoms with E-state index in [0.29, 0.717) is 6.54 Å². The largest absolute Gasteiger partial charge is 0.464 e. The maximum absolute atomic E-state index is 12.2. The number of nitrogens with zero attached hydrogens (tertiary/aromatic N) is 1. The van der Waals surface area contributed by atoms with Crippen LogP contribution in [0, 0.1) is 6.92 Å². The second-order valence-electron chi connectivity index (χ2n) is 5.68. The van der Waals surface area contributed by atoms with Crippen molar-refractivity contribution in [2.75, 3.05) is 18.9 Å². The number of hydrogen-bond acceptors (Lipinski definition) is 3. The maximum atomic E-state index is 12.2. The number of carbonyl (C=O) groups excluding carboxylic acids is 1. The fourth-order valence-electron chi connectivity index (χ4n) is 2.50. The Kier molecular flexibility index (Phi) is 4.33. The molecule has 1 aromatic heterocycles. The minimum absolute atomic E-state index is 0.0206. The molecule has 4 heteroatoms. The molecule has 2 aromatic carbocycles. The molecule has 118 valence electrons. The Balaban J connectivity index is 1.58. The van der Waals surface area contributed by atoms with Gasteiger partial charge in [-0.2, -0.15) is 0 Å². The molecule has 3 aromatic rings. The monoisotopic (exact) mass is 308 g/mol. The molecule has 3 rings (SSSR count). The van der Waals surface area contributed by atoms with Gasteiger partial charge < -0.3 is 14.6 Å². The summed E-state index contributed by atoms with van der Waals surface area (Å²) in [5.74, 6) is 1.67. The Morgan fingerprint density at radius 2 is 1.87 bits per heavy atom. The molecule has 0 aliphatic heterocycles. The van der Waals surface area contributed by atoms with Gasteiger partial charge >= 0.3 is 0 Å². The van der Waals surface area contributed by atoms with Crippen LogP contribution < -0.4 is 5.32 Å². The van der Waals surface area contributed by atoms with Crippen LogP contribution in [0.25, 0.3) is 10.8 Å². The molecule has 1 amide bonds. The summed E-state index contributed by atoms with van der Waals surface area (Å²) < 4.78 is 5.50. The van der Waals surface area contributed by atoms with Crippen molar-refractivity contribution < 1.29 is 9.21 Å². The lowest BCUT2D eigenvalue weighted by molar-refractivity contribution is -0.128. The summed E-state index contributed by atoms with van der Waals surface area (Å²) in [6.07, 6.45) is 0. The quantitative estimate of drug-likeness (QED) is 0.779. The molecule has 0 fully saturated rings. The first kappa shape index (κ1) is 15.2. The van der Waals surface area contributed by atoms with Crippen molar-refractivity contribution in [1.29, 1.82) is 0 Å². The number of furan rings is 1. The Bertz CT molecular complexity index is 823. The standard InChI is InChI=1S/C19H20N2O2/c1-14-7-10-18(23-14)13-21(2)19(22)12-20-17-9-8-15-5-3-4-6-16(15)11-17/h3-11,20H,12-13H2,1-2H3. The molecule has 1 N–H and O–H groups in total. The number of likely N-dealkylation sites (N-methyl/N-ethyl adjacent to an activating group) is 1. The van der Waals surface area contributed by atoms with Crippen molar-refractivity contribution in [3.63, 3.8) is 0 Å². The predicted molar refractivity (Wildman–Crippen MR) is 92.4 cm³/mol. The van der Waals surface area contributed by atoms with E-state index in [-0.39, 0.29) is 12.5 Å². The number of aryl methyl sites for hydroxylation is 1. The summed E-state index contributed by atoms with van der Waals surface area (Å²) >= 11 is 0. The molecule has 0 spiro atoms. The van der Waals surface area contributed by atoms with Crippen molar-refractivity contribution >= 4 is 22.4 Å². The van der Waals surface area contributed by atoms with Crippen molar-refractivity contribution in [2.24, 2.45) is 0 Å². The van der Waals surface area contributed by atoms with Crippen LogP contribution in [-0.4, -0.2) is 24.4 Å². The van der Waals surface area contributed by atoms with Crippen molar-refractivity contribution in [1.82, 2.24) is 4.90 Å². The van der Waals surface area contributed by atoms with Gasteiger partial charge in [0, 0.05) is 12.7 Å². The number of benzene rings is 2. The zero-order valence-electron chi connectivity index (χ0n) is 13.4. The van der Waals surface area contributed by atoms with Gasteiger partial charge in [-0.15, -0.1) is 0 Å². The van der Waals surface area contributed by atoms with Crippen LogP contribution in [-0.2, 0) is 11.3 Å². The van der Waals surface area contributed by atoms with Crippen LogP contribution in [0.4, 0.5) is 5.69 Å². The average Bonchev–Trinajstić information content (AvgIpc) is 2.97. The third-order valence-electron chi connectivity index (χ3n) is 3.81. The highest BCUT2D eigenvalue weighted by Gasteiger charge is 2.11. The molecule has 0 unspecified atom stereocenters. The van der Waals surface area contributed by atoms with E-state index in [1.54, 1.807) is 11.9 Å². The Hall–Kier alpha value is -2.75. The second-order valence-corrected chi connectivity index (χ2v) is 5.68. The molecule has 4 nitrogen and oxygen atoms in total. The molecule has 0 saturated heterocycles. The van der Waals surface area contributed by atoms with E-state index in [2.05, 4.69) is 29.6 Å². The first-order valence-corrected chi connectivity index (χ1v) is 7.64. The summed E-state index contributed by atoms with van der Waals surface area (Å²) in [4.78, 5) is 13.9. The smallest absolute Gasteiger partial charge is 0.242 e. The number of anilines is 1. The molecule has 1 heterocycles. The van der Waals surface area contributed by atoms with E-state index in [1.165, 1.54) is 5.39 Å². The SMILES string of the molecule is Cc1ccc(CN(C)C(=O)CNc2ccc3ccccc3c2)o1. The highest BCUT2D eigenvalue weighted by molar-refractivity contribution is 5.87. The summed E-state index contributed by atoms with van der Waals surface area (Å²) in [5, 5.41) is 5.53. The van der Waals surface area contributed by atoms with E-state index < -0.39 is 0 Å². The van der Waals surface area contributed by atoms with Crippen LogP contribution in [0.5, 0.6) is 0 Å². The van der Waals surface area contributed by atoms with Crippen LogP contribution >= 0.6 is 0 Å². The molecule has 0 atom stereocenters. The molecule has 0 radical (unpaired) electrons. The average molecular weight is 308 g/mol. The Morgan fingerprint density at radius 3 is 2.61 bits per heavy atom. The number of amides is 1. The lowest BCUT2D eigenvalue weighted by Crippen LogP contribution is -2.31. The third kappa shape index (κ3) is 3.72. The normalized spacial score (nSPS) is 10.7. The van der Waals surface area contributed by atoms with Gasteiger partial charge in [0.05, 0.1) is 13.1 Å². The number of fused-ring (bicyclic) bond motifs is 1. The lowest BCUT2D eigenvalue weighted by atomic mass is 10.1. The zero-order chi connectivity index (χ0) is 16.2. The van der Waals surface area contributed by atoms with E-state index in [1.807, 2.05) is 37.3 Å². The lowest BCUT2D eigenvalue weighted by Gasteiger charge is -2.16. The molecule has 0 aliphatic rings. The second kappa shape index (κ2) is 6.57. The van der Waals surface area contributed by atoms with Gasteiger partial charge in [0.25, 0.3) is 0 Å². The van der Waals surface area contributed by atoms with Crippen LogP contribution in [0.3, 0.4) is 0 Å². The Morgan fingerprint density at radius 1 is 1.09 bits per heavy atom. The molecular weight excluding hydrogens is 288 g/mol. The Labute approximate surface area is 135 Å². The summed E-state index contributed by atoms with van der Waals surface area (Å²) in [7, 11) is 1.78. The highest BCUT2D eigenvalue weighted by atomic mass is 16.3. The summed E-state index contributed by atoms with van der Waals surface area (Å²) in [6, 6.07) is 18.1. The molecule has 23 heavy (non-hydrogen) atoms. The van der Waals surface area contributed by atoms with Crippen molar-refractivity contribution in [2.45, 2.75) is 13.5 Å². The first-order chi connectivity index (χ1) is 11.1. The predicted octanol–water partition coefficient (Wildman–Crippen LogP) is 3.81. The van der Waals surface area contributed by atoms with Crippen molar-refractivity contribution in [3.05, 3.63) is 66.1 Å². The zero-order valence-corrected chi connectivity index (χ0v) is 13.4. The van der Waals surface area contributed by atoms with Gasteiger partial charge in [-0.05, 0) is 42.0 Å². The maximum Gasteiger partial charge on any atom is 0.242 e. The molecule has 0 bridgehead atoms. The third-order valence-corrected chi connectivity index (χ3v) is 3.81. The first-order valence-electron chi connectivity index (χ1n) is 7.64. The molecular formula is C19H20N2O2. The van der Waals surface area contributed by atoms with Crippen LogP contribution in [0.1, 0.15) is 11.5 Å². The van der Waals surface area contributed by atoms with Gasteiger partial charge in [-0.3, -0.25) is 4.79 Å². The number of hydrogen-bond donors (Lipinski definition) is 1. The van der Waals surface area contributed by atoms with Crippen LogP contribution in [0.2, 0.25) is 0 Å². The van der Waals surface area contributed by atoms with E-state index in [0.717, 1.165) is 22.6 Å². The van der Waals surface area contributed by atoms with E-state index in [4.69, 9.17) is 4.42 Å². The number of nitrogens with one attached hydrogen (secondary N) is 1. The summed E-state index contributed by atoms with van der Waals surface area (Å²) in [5.41, 5.74) is 0.944. The minimum atomic E-state index is 0.0206. The fourth-order valence-corrected chi connectivity index (χ4v) is 2.50. The molecule has 0 aliphatic carbocycles. The highest BCUT2D eigenvalue weighted by Crippen LogP contribution is 2.18. The minimum Gasteiger partial charge on any atom is -0.464 e. The fraction of sp³-hybridized carbons (Fsp3) is 0.211. The van der Waals surface area contributed by atoms with E-state index >= 15 is 0 Å². The molecule has 0 saturated carbocycles. The van der Waals surface area contributed by atoms with Gasteiger partial charge in [0.1, 0.15) is 11.5 Å². The number of rotatable bonds is 5. The van der Waals surface area contributed by atoms with E-state index in [9.17, 15) is 4.79 Å². The summed E-state index contributed by atoms with van der Waals surface area (Å²) in [6.45, 7) is 2.63.